The molecule has 2 aromatic rings. The summed E-state index contributed by atoms with van der Waals surface area (Å²) in [7, 11) is 2.16. The van der Waals surface area contributed by atoms with Crippen molar-refractivity contribution in [2.75, 3.05) is 20.1 Å². The summed E-state index contributed by atoms with van der Waals surface area (Å²) in [6.45, 7) is 1.72. The minimum Gasteiger partial charge on any atom is -0.459 e. The van der Waals surface area contributed by atoms with Crippen LogP contribution >= 0.6 is 0 Å². The quantitative estimate of drug-likeness (QED) is 0.895. The summed E-state index contributed by atoms with van der Waals surface area (Å²) < 4.78 is 5.95. The van der Waals surface area contributed by atoms with Gasteiger partial charge in [0.05, 0.1) is 6.04 Å². The lowest BCUT2D eigenvalue weighted by molar-refractivity contribution is 0.153. The Labute approximate surface area is 114 Å². The summed E-state index contributed by atoms with van der Waals surface area (Å²) in [6, 6.07) is 10.5. The van der Waals surface area contributed by atoms with Crippen molar-refractivity contribution < 1.29 is 4.42 Å². The molecule has 1 aliphatic carbocycles. The van der Waals surface area contributed by atoms with Crippen LogP contribution in [0.3, 0.4) is 0 Å². The number of furan rings is 1. The van der Waals surface area contributed by atoms with Crippen molar-refractivity contribution in [1.82, 2.24) is 4.90 Å². The Morgan fingerprint density at radius 1 is 1.37 bits per heavy atom. The lowest BCUT2D eigenvalue weighted by Crippen LogP contribution is -2.35. The van der Waals surface area contributed by atoms with Gasteiger partial charge in [-0.2, -0.15) is 0 Å². The highest BCUT2D eigenvalue weighted by atomic mass is 16.3. The second kappa shape index (κ2) is 5.35. The molecule has 0 spiro atoms. The normalized spacial score (nSPS) is 17.8. The van der Waals surface area contributed by atoms with E-state index in [9.17, 15) is 0 Å². The SMILES string of the molecule is CN(CC1CCC1)C(CN)c1cc2ccccc2o1. The summed E-state index contributed by atoms with van der Waals surface area (Å²) in [6.07, 6.45) is 4.11. The minimum atomic E-state index is 0.188. The van der Waals surface area contributed by atoms with E-state index in [1.165, 1.54) is 19.3 Å². The summed E-state index contributed by atoms with van der Waals surface area (Å²) in [5.74, 6) is 1.84. The molecule has 1 fully saturated rings. The van der Waals surface area contributed by atoms with E-state index < -0.39 is 0 Å². The summed E-state index contributed by atoms with van der Waals surface area (Å²) in [5, 5.41) is 1.16. The molecule has 0 aliphatic heterocycles. The first-order valence-electron chi connectivity index (χ1n) is 7.16. The third-order valence-corrected chi connectivity index (χ3v) is 4.30. The lowest BCUT2D eigenvalue weighted by atomic mass is 9.85. The Bertz CT molecular complexity index is 511. The summed E-state index contributed by atoms with van der Waals surface area (Å²) in [4.78, 5) is 2.35. The molecule has 3 heteroatoms. The number of hydrogen-bond donors (Lipinski definition) is 1. The Morgan fingerprint density at radius 3 is 2.79 bits per heavy atom. The van der Waals surface area contributed by atoms with Crippen LogP contribution in [0.4, 0.5) is 0 Å². The van der Waals surface area contributed by atoms with Gasteiger partial charge in [0.25, 0.3) is 0 Å². The van der Waals surface area contributed by atoms with Crippen molar-refractivity contribution in [2.24, 2.45) is 11.7 Å². The highest BCUT2D eigenvalue weighted by molar-refractivity contribution is 5.77. The molecule has 0 saturated heterocycles. The van der Waals surface area contributed by atoms with Gasteiger partial charge < -0.3 is 10.2 Å². The zero-order valence-corrected chi connectivity index (χ0v) is 11.5. The molecule has 3 rings (SSSR count). The number of fused-ring (bicyclic) bond motifs is 1. The molecular formula is C16H22N2O. The van der Waals surface area contributed by atoms with Gasteiger partial charge in [-0.3, -0.25) is 4.90 Å². The van der Waals surface area contributed by atoms with Crippen molar-refractivity contribution in [3.63, 3.8) is 0 Å². The van der Waals surface area contributed by atoms with Crippen LogP contribution < -0.4 is 5.73 Å². The number of nitrogens with zero attached hydrogens (tertiary/aromatic N) is 1. The van der Waals surface area contributed by atoms with Crippen LogP contribution in [0.2, 0.25) is 0 Å². The van der Waals surface area contributed by atoms with Crippen LogP contribution in [0.5, 0.6) is 0 Å². The van der Waals surface area contributed by atoms with Gasteiger partial charge in [0.2, 0.25) is 0 Å². The van der Waals surface area contributed by atoms with Crippen molar-refractivity contribution in [3.8, 4) is 0 Å². The van der Waals surface area contributed by atoms with Gasteiger partial charge in [-0.05, 0) is 37.9 Å². The topological polar surface area (TPSA) is 42.4 Å². The predicted molar refractivity (Wildman–Crippen MR) is 78.0 cm³/mol. The molecule has 1 aliphatic rings. The lowest BCUT2D eigenvalue weighted by Gasteiger charge is -2.33. The fourth-order valence-corrected chi connectivity index (χ4v) is 2.89. The molecule has 1 aromatic carbocycles. The molecule has 1 saturated carbocycles. The third-order valence-electron chi connectivity index (χ3n) is 4.30. The molecule has 1 atom stereocenters. The van der Waals surface area contributed by atoms with Crippen molar-refractivity contribution >= 4 is 11.0 Å². The Kier molecular flexibility index (Phi) is 3.58. The highest BCUT2D eigenvalue weighted by Crippen LogP contribution is 2.31. The van der Waals surface area contributed by atoms with E-state index in [1.54, 1.807) is 0 Å². The van der Waals surface area contributed by atoms with Crippen LogP contribution in [-0.2, 0) is 0 Å². The number of nitrogens with two attached hydrogens (primary N) is 1. The number of likely N-dealkylation sites (N-methyl/N-ethyl adjacent to an activating group) is 1. The monoisotopic (exact) mass is 258 g/mol. The Hall–Kier alpha value is -1.32. The van der Waals surface area contributed by atoms with E-state index >= 15 is 0 Å². The number of benzene rings is 1. The van der Waals surface area contributed by atoms with E-state index in [2.05, 4.69) is 24.1 Å². The molecule has 1 aromatic heterocycles. The predicted octanol–water partition coefficient (Wildman–Crippen LogP) is 3.16. The minimum absolute atomic E-state index is 0.188. The smallest absolute Gasteiger partial charge is 0.134 e. The van der Waals surface area contributed by atoms with E-state index in [0.717, 1.165) is 29.2 Å². The van der Waals surface area contributed by atoms with Crippen LogP contribution in [0.1, 0.15) is 31.1 Å². The van der Waals surface area contributed by atoms with Gasteiger partial charge in [0.1, 0.15) is 11.3 Å². The van der Waals surface area contributed by atoms with E-state index in [0.29, 0.717) is 6.54 Å². The Morgan fingerprint density at radius 2 is 2.16 bits per heavy atom. The van der Waals surface area contributed by atoms with Crippen molar-refractivity contribution in [1.29, 1.82) is 0 Å². The number of rotatable bonds is 5. The maximum atomic E-state index is 5.96. The molecule has 102 valence electrons. The summed E-state index contributed by atoms with van der Waals surface area (Å²) in [5.41, 5.74) is 6.91. The van der Waals surface area contributed by atoms with Crippen molar-refractivity contribution in [3.05, 3.63) is 36.1 Å². The van der Waals surface area contributed by atoms with Crippen LogP contribution in [0.25, 0.3) is 11.0 Å². The fourth-order valence-electron chi connectivity index (χ4n) is 2.89. The van der Waals surface area contributed by atoms with E-state index in [1.807, 2.05) is 18.2 Å². The molecule has 0 bridgehead atoms. The number of para-hydroxylation sites is 1. The van der Waals surface area contributed by atoms with Gasteiger partial charge in [-0.15, -0.1) is 0 Å². The maximum absolute atomic E-state index is 5.96. The molecule has 1 heterocycles. The molecule has 1 unspecified atom stereocenters. The zero-order valence-electron chi connectivity index (χ0n) is 11.5. The largest absolute Gasteiger partial charge is 0.459 e. The maximum Gasteiger partial charge on any atom is 0.134 e. The fraction of sp³-hybridized carbons (Fsp3) is 0.500. The van der Waals surface area contributed by atoms with Gasteiger partial charge in [-0.1, -0.05) is 24.6 Å². The third kappa shape index (κ3) is 2.53. The molecule has 19 heavy (non-hydrogen) atoms. The standard InChI is InChI=1S/C16H22N2O/c1-18(11-12-5-4-6-12)14(10-17)16-9-13-7-2-3-8-15(13)19-16/h2-3,7-9,12,14H,4-6,10-11,17H2,1H3. The highest BCUT2D eigenvalue weighted by Gasteiger charge is 2.25. The molecular weight excluding hydrogens is 236 g/mol. The van der Waals surface area contributed by atoms with E-state index in [-0.39, 0.29) is 6.04 Å². The van der Waals surface area contributed by atoms with Gasteiger partial charge >= 0.3 is 0 Å². The molecule has 0 radical (unpaired) electrons. The van der Waals surface area contributed by atoms with Crippen molar-refractivity contribution in [2.45, 2.75) is 25.3 Å². The number of hydrogen-bond acceptors (Lipinski definition) is 3. The zero-order chi connectivity index (χ0) is 13.2. The van der Waals surface area contributed by atoms with Crippen LogP contribution in [0.15, 0.2) is 34.7 Å². The Balaban J connectivity index is 1.79. The first-order valence-corrected chi connectivity index (χ1v) is 7.16. The van der Waals surface area contributed by atoms with Gasteiger partial charge in [-0.25, -0.2) is 0 Å². The van der Waals surface area contributed by atoms with Gasteiger partial charge in [0, 0.05) is 18.5 Å². The van der Waals surface area contributed by atoms with Crippen LogP contribution in [-0.4, -0.2) is 25.0 Å². The molecule has 0 amide bonds. The molecule has 2 N–H and O–H groups in total. The average Bonchev–Trinajstić information content (AvgIpc) is 2.78. The van der Waals surface area contributed by atoms with E-state index in [4.69, 9.17) is 10.2 Å². The molecule has 3 nitrogen and oxygen atoms in total. The van der Waals surface area contributed by atoms with Crippen LogP contribution in [0, 0.1) is 5.92 Å². The first kappa shape index (κ1) is 12.7. The second-order valence-corrected chi connectivity index (χ2v) is 5.67. The first-order chi connectivity index (χ1) is 9.28. The van der Waals surface area contributed by atoms with Gasteiger partial charge in [0.15, 0.2) is 0 Å². The summed E-state index contributed by atoms with van der Waals surface area (Å²) >= 11 is 0. The average molecular weight is 258 g/mol. The second-order valence-electron chi connectivity index (χ2n) is 5.67.